The Hall–Kier alpha value is -2.12. The van der Waals surface area contributed by atoms with Crippen molar-refractivity contribution >= 4 is 33.3 Å². The van der Waals surface area contributed by atoms with E-state index in [4.69, 9.17) is 16.3 Å². The van der Waals surface area contributed by atoms with E-state index in [1.54, 1.807) is 26.0 Å². The van der Waals surface area contributed by atoms with Crippen LogP contribution in [-0.4, -0.2) is 28.0 Å². The number of ether oxygens (including phenoxy) is 1. The zero-order chi connectivity index (χ0) is 19.6. The molecule has 0 bridgehead atoms. The van der Waals surface area contributed by atoms with Crippen molar-refractivity contribution in [3.8, 4) is 0 Å². The molecule has 8 heteroatoms. The topological polar surface area (TPSA) is 63.7 Å². The molecule has 0 heterocycles. The molecule has 0 amide bonds. The molecule has 0 atom stereocenters. The number of aryl methyl sites for hydroxylation is 2. The Morgan fingerprint density at radius 1 is 1.23 bits per heavy atom. The fraction of sp³-hybridized carbons (Fsp3) is 0.278. The maximum atomic E-state index is 14.4. The van der Waals surface area contributed by atoms with Gasteiger partial charge in [-0.15, -0.1) is 0 Å². The second-order valence-electron chi connectivity index (χ2n) is 5.75. The molecular formula is C18H19ClFNO4S. The maximum absolute atomic E-state index is 14.4. The van der Waals surface area contributed by atoms with Crippen LogP contribution in [0.5, 0.6) is 0 Å². The van der Waals surface area contributed by atoms with Gasteiger partial charge in [0, 0.05) is 7.05 Å². The van der Waals surface area contributed by atoms with Gasteiger partial charge in [0.2, 0.25) is 0 Å². The van der Waals surface area contributed by atoms with Crippen LogP contribution in [0.2, 0.25) is 5.02 Å². The zero-order valence-electron chi connectivity index (χ0n) is 14.8. The van der Waals surface area contributed by atoms with Crippen molar-refractivity contribution in [2.45, 2.75) is 25.7 Å². The fourth-order valence-corrected chi connectivity index (χ4v) is 3.98. The lowest BCUT2D eigenvalue weighted by Gasteiger charge is -2.22. The van der Waals surface area contributed by atoms with E-state index in [0.717, 1.165) is 22.0 Å². The molecule has 140 valence electrons. The van der Waals surface area contributed by atoms with E-state index in [9.17, 15) is 17.6 Å². The summed E-state index contributed by atoms with van der Waals surface area (Å²) in [6.45, 7) is 5.26. The Morgan fingerprint density at radius 2 is 1.88 bits per heavy atom. The van der Waals surface area contributed by atoms with Gasteiger partial charge in [0.1, 0.15) is 10.7 Å². The Labute approximate surface area is 157 Å². The van der Waals surface area contributed by atoms with Gasteiger partial charge < -0.3 is 4.74 Å². The molecule has 26 heavy (non-hydrogen) atoms. The average molecular weight is 400 g/mol. The molecule has 0 aliphatic heterocycles. The normalized spacial score (nSPS) is 11.3. The van der Waals surface area contributed by atoms with Crippen molar-refractivity contribution in [3.05, 3.63) is 57.9 Å². The summed E-state index contributed by atoms with van der Waals surface area (Å²) in [4.78, 5) is 11.3. The van der Waals surface area contributed by atoms with Crippen molar-refractivity contribution < 1.29 is 22.3 Å². The third kappa shape index (κ3) is 3.83. The Bertz CT molecular complexity index is 960. The molecule has 0 aliphatic rings. The molecule has 0 saturated heterocycles. The molecule has 0 radical (unpaired) electrons. The van der Waals surface area contributed by atoms with E-state index in [-0.39, 0.29) is 17.2 Å². The van der Waals surface area contributed by atoms with Crippen LogP contribution in [0.25, 0.3) is 0 Å². The highest BCUT2D eigenvalue weighted by Crippen LogP contribution is 2.30. The van der Waals surface area contributed by atoms with Crippen molar-refractivity contribution in [1.82, 2.24) is 0 Å². The SMILES string of the molecule is CCOC(=O)c1cc(S(=O)(=O)N(C)c2cc(C)ccc2C)c(F)cc1Cl. The average Bonchev–Trinajstić information content (AvgIpc) is 2.56. The van der Waals surface area contributed by atoms with Crippen molar-refractivity contribution in [1.29, 1.82) is 0 Å². The van der Waals surface area contributed by atoms with E-state index in [2.05, 4.69) is 0 Å². The minimum absolute atomic E-state index is 0.0804. The molecule has 0 saturated carbocycles. The van der Waals surface area contributed by atoms with Crippen LogP contribution in [0.3, 0.4) is 0 Å². The summed E-state index contributed by atoms with van der Waals surface area (Å²) in [5.74, 6) is -1.86. The largest absolute Gasteiger partial charge is 0.462 e. The molecule has 2 rings (SSSR count). The van der Waals surface area contributed by atoms with Crippen LogP contribution < -0.4 is 4.31 Å². The van der Waals surface area contributed by atoms with E-state index >= 15 is 0 Å². The lowest BCUT2D eigenvalue weighted by Crippen LogP contribution is -2.28. The Morgan fingerprint density at radius 3 is 2.50 bits per heavy atom. The third-order valence-electron chi connectivity index (χ3n) is 3.86. The lowest BCUT2D eigenvalue weighted by atomic mass is 10.1. The summed E-state index contributed by atoms with van der Waals surface area (Å²) < 4.78 is 46.1. The summed E-state index contributed by atoms with van der Waals surface area (Å²) in [6.07, 6.45) is 0. The highest BCUT2D eigenvalue weighted by Gasteiger charge is 2.29. The van der Waals surface area contributed by atoms with Gasteiger partial charge in [0.25, 0.3) is 10.0 Å². The quantitative estimate of drug-likeness (QED) is 0.710. The zero-order valence-corrected chi connectivity index (χ0v) is 16.4. The summed E-state index contributed by atoms with van der Waals surface area (Å²) in [6, 6.07) is 7.02. The summed E-state index contributed by atoms with van der Waals surface area (Å²) in [5.41, 5.74) is 1.78. The Kier molecular flexibility index (Phi) is 5.93. The van der Waals surface area contributed by atoms with Crippen molar-refractivity contribution in [3.63, 3.8) is 0 Å². The molecule has 5 nitrogen and oxygen atoms in total. The van der Waals surface area contributed by atoms with Gasteiger partial charge in [-0.2, -0.15) is 0 Å². The molecular weight excluding hydrogens is 381 g/mol. The van der Waals surface area contributed by atoms with Gasteiger partial charge in [0.05, 0.1) is 22.9 Å². The first-order valence-electron chi connectivity index (χ1n) is 7.82. The number of carbonyl (C=O) groups is 1. The Balaban J connectivity index is 2.60. The second kappa shape index (κ2) is 7.63. The molecule has 0 aromatic heterocycles. The third-order valence-corrected chi connectivity index (χ3v) is 5.96. The molecule has 0 aliphatic carbocycles. The van der Waals surface area contributed by atoms with E-state index in [1.807, 2.05) is 13.0 Å². The van der Waals surface area contributed by atoms with Crippen LogP contribution in [0.15, 0.2) is 35.2 Å². The van der Waals surface area contributed by atoms with Gasteiger partial charge in [-0.1, -0.05) is 23.7 Å². The first-order valence-corrected chi connectivity index (χ1v) is 9.63. The second-order valence-corrected chi connectivity index (χ2v) is 8.09. The number of benzene rings is 2. The van der Waals surface area contributed by atoms with Gasteiger partial charge >= 0.3 is 5.97 Å². The molecule has 0 fully saturated rings. The van der Waals surface area contributed by atoms with Crippen molar-refractivity contribution in [2.24, 2.45) is 0 Å². The van der Waals surface area contributed by atoms with Crippen LogP contribution >= 0.6 is 11.6 Å². The predicted molar refractivity (Wildman–Crippen MR) is 98.9 cm³/mol. The van der Waals surface area contributed by atoms with E-state index < -0.39 is 26.7 Å². The number of sulfonamides is 1. The van der Waals surface area contributed by atoms with Crippen LogP contribution in [0.4, 0.5) is 10.1 Å². The minimum Gasteiger partial charge on any atom is -0.462 e. The molecule has 2 aromatic carbocycles. The number of halogens is 2. The predicted octanol–water partition coefficient (Wildman–Crippen LogP) is 4.10. The number of esters is 1. The maximum Gasteiger partial charge on any atom is 0.339 e. The van der Waals surface area contributed by atoms with E-state index in [0.29, 0.717) is 11.3 Å². The first kappa shape index (κ1) is 20.2. The number of carbonyl (C=O) groups excluding carboxylic acids is 1. The molecule has 0 N–H and O–H groups in total. The molecule has 0 spiro atoms. The summed E-state index contributed by atoms with van der Waals surface area (Å²) >= 11 is 5.88. The van der Waals surface area contributed by atoms with E-state index in [1.165, 1.54) is 7.05 Å². The van der Waals surface area contributed by atoms with Crippen molar-refractivity contribution in [2.75, 3.05) is 18.0 Å². The molecule has 0 unspecified atom stereocenters. The summed E-state index contributed by atoms with van der Waals surface area (Å²) in [7, 11) is -2.93. The highest BCUT2D eigenvalue weighted by atomic mass is 35.5. The standard InChI is InChI=1S/C18H19ClFNO4S/c1-5-25-18(22)13-9-17(15(20)10-14(13)19)26(23,24)21(4)16-8-11(2)6-7-12(16)3/h6-10H,5H2,1-4H3. The van der Waals surface area contributed by atoms with Crippen LogP contribution in [0.1, 0.15) is 28.4 Å². The van der Waals surface area contributed by atoms with Gasteiger partial charge in [-0.05, 0) is 50.1 Å². The van der Waals surface area contributed by atoms with Crippen LogP contribution in [-0.2, 0) is 14.8 Å². The highest BCUT2D eigenvalue weighted by molar-refractivity contribution is 7.92. The molecule has 2 aromatic rings. The fourth-order valence-electron chi connectivity index (χ4n) is 2.43. The number of anilines is 1. The first-order chi connectivity index (χ1) is 12.1. The van der Waals surface area contributed by atoms with Crippen LogP contribution in [0, 0.1) is 19.7 Å². The number of rotatable bonds is 5. The van der Waals surface area contributed by atoms with Gasteiger partial charge in [-0.3, -0.25) is 4.31 Å². The number of nitrogens with zero attached hydrogens (tertiary/aromatic N) is 1. The smallest absolute Gasteiger partial charge is 0.339 e. The minimum atomic E-state index is -4.26. The number of hydrogen-bond donors (Lipinski definition) is 0. The lowest BCUT2D eigenvalue weighted by molar-refractivity contribution is 0.0526. The van der Waals surface area contributed by atoms with Gasteiger partial charge in [-0.25, -0.2) is 17.6 Å². The summed E-state index contributed by atoms with van der Waals surface area (Å²) in [5, 5.41) is -0.214. The number of hydrogen-bond acceptors (Lipinski definition) is 4. The van der Waals surface area contributed by atoms with Gasteiger partial charge in [0.15, 0.2) is 0 Å². The monoisotopic (exact) mass is 399 g/mol.